The molecule has 0 aliphatic carbocycles. The predicted octanol–water partition coefficient (Wildman–Crippen LogP) is 3.23. The van der Waals surface area contributed by atoms with E-state index in [1.54, 1.807) is 54.6 Å². The van der Waals surface area contributed by atoms with Gasteiger partial charge in [-0.15, -0.1) is 0 Å². The largest absolute Gasteiger partial charge is 0.455 e. The van der Waals surface area contributed by atoms with Gasteiger partial charge in [-0.25, -0.2) is 9.59 Å². The third-order valence-electron chi connectivity index (χ3n) is 3.77. The molecule has 0 spiro atoms. The van der Waals surface area contributed by atoms with Crippen molar-refractivity contribution < 1.29 is 24.2 Å². The van der Waals surface area contributed by atoms with Gasteiger partial charge in [0.05, 0.1) is 11.1 Å². The molecule has 0 saturated heterocycles. The van der Waals surface area contributed by atoms with Crippen LogP contribution < -0.4 is 0 Å². The zero-order valence-electron chi connectivity index (χ0n) is 14.1. The molecule has 0 aromatic heterocycles. The minimum Gasteiger partial charge on any atom is -0.455 e. The van der Waals surface area contributed by atoms with Crippen molar-refractivity contribution in [2.45, 2.75) is 32.0 Å². The summed E-state index contributed by atoms with van der Waals surface area (Å²) in [5, 5.41) is 9.28. The summed E-state index contributed by atoms with van der Waals surface area (Å²) in [5.74, 6) is -0.987. The van der Waals surface area contributed by atoms with E-state index in [4.69, 9.17) is 9.47 Å². The molecule has 2 rings (SSSR count). The average molecular weight is 342 g/mol. The van der Waals surface area contributed by atoms with E-state index in [2.05, 4.69) is 0 Å². The van der Waals surface area contributed by atoms with Crippen molar-refractivity contribution in [2.75, 3.05) is 6.61 Å². The smallest absolute Gasteiger partial charge is 0.338 e. The summed E-state index contributed by atoms with van der Waals surface area (Å²) < 4.78 is 11.0. The molecule has 132 valence electrons. The highest BCUT2D eigenvalue weighted by Gasteiger charge is 2.28. The van der Waals surface area contributed by atoms with E-state index in [1.807, 2.05) is 13.0 Å². The van der Waals surface area contributed by atoms with Crippen LogP contribution in [0.3, 0.4) is 0 Å². The first-order valence-electron chi connectivity index (χ1n) is 8.28. The first-order chi connectivity index (χ1) is 12.2. The van der Waals surface area contributed by atoms with Crippen LogP contribution >= 0.6 is 0 Å². The molecule has 0 saturated carbocycles. The maximum Gasteiger partial charge on any atom is 0.338 e. The number of rotatable bonds is 8. The van der Waals surface area contributed by atoms with Crippen LogP contribution in [0, 0.1) is 0 Å². The van der Waals surface area contributed by atoms with Gasteiger partial charge in [-0.2, -0.15) is 0 Å². The first kappa shape index (κ1) is 18.7. The van der Waals surface area contributed by atoms with Crippen LogP contribution in [0.1, 0.15) is 40.5 Å². The standard InChI is InChI=1S/C20H22O5/c1-2-17(24-19(22)15-9-5-3-6-10-15)18(13-14-21)25-20(23)16-11-7-4-8-12-16/h3-12,17-18,21H,2,13-14H2,1H3/t17-,18+/m1/s1. The monoisotopic (exact) mass is 342 g/mol. The molecule has 0 amide bonds. The number of aliphatic hydroxyl groups excluding tert-OH is 1. The Morgan fingerprint density at radius 1 is 0.840 bits per heavy atom. The number of benzene rings is 2. The lowest BCUT2D eigenvalue weighted by Crippen LogP contribution is -2.35. The van der Waals surface area contributed by atoms with E-state index in [1.165, 1.54) is 0 Å². The van der Waals surface area contributed by atoms with Gasteiger partial charge in [0.1, 0.15) is 12.2 Å². The number of esters is 2. The summed E-state index contributed by atoms with van der Waals surface area (Å²) in [4.78, 5) is 24.5. The Morgan fingerprint density at radius 2 is 1.28 bits per heavy atom. The van der Waals surface area contributed by atoms with Crippen molar-refractivity contribution in [3.63, 3.8) is 0 Å². The topological polar surface area (TPSA) is 72.8 Å². The van der Waals surface area contributed by atoms with E-state index in [9.17, 15) is 14.7 Å². The second-order valence-electron chi connectivity index (χ2n) is 5.54. The van der Waals surface area contributed by atoms with Crippen LogP contribution in [0.2, 0.25) is 0 Å². The minimum atomic E-state index is -0.713. The molecular weight excluding hydrogens is 320 g/mol. The molecule has 0 unspecified atom stereocenters. The van der Waals surface area contributed by atoms with Gasteiger partial charge in [-0.05, 0) is 30.7 Å². The van der Waals surface area contributed by atoms with Crippen LogP contribution in [0.15, 0.2) is 60.7 Å². The van der Waals surface area contributed by atoms with Gasteiger partial charge in [0.2, 0.25) is 0 Å². The number of carbonyl (C=O) groups excluding carboxylic acids is 2. The van der Waals surface area contributed by atoms with Crippen LogP contribution in [0.4, 0.5) is 0 Å². The summed E-state index contributed by atoms with van der Waals surface area (Å²) in [6.07, 6.45) is -0.687. The van der Waals surface area contributed by atoms with Crippen LogP contribution in [0.5, 0.6) is 0 Å². The molecule has 5 nitrogen and oxygen atoms in total. The molecule has 2 aromatic rings. The van der Waals surface area contributed by atoms with Crippen molar-refractivity contribution in [1.29, 1.82) is 0 Å². The van der Waals surface area contributed by atoms with Gasteiger partial charge >= 0.3 is 11.9 Å². The average Bonchev–Trinajstić information content (AvgIpc) is 2.67. The molecule has 0 radical (unpaired) electrons. The first-order valence-corrected chi connectivity index (χ1v) is 8.28. The van der Waals surface area contributed by atoms with Crippen LogP contribution in [0.25, 0.3) is 0 Å². The maximum absolute atomic E-state index is 12.3. The molecule has 1 N–H and O–H groups in total. The summed E-state index contributed by atoms with van der Waals surface area (Å²) in [7, 11) is 0. The van der Waals surface area contributed by atoms with Crippen molar-refractivity contribution in [3.8, 4) is 0 Å². The Bertz CT molecular complexity index is 669. The third kappa shape index (κ3) is 5.43. The molecule has 0 aliphatic heterocycles. The number of ether oxygens (including phenoxy) is 2. The summed E-state index contributed by atoms with van der Waals surface area (Å²) in [5.41, 5.74) is 0.841. The highest BCUT2D eigenvalue weighted by molar-refractivity contribution is 5.90. The SMILES string of the molecule is CC[C@@H](OC(=O)c1ccccc1)[C@H](CCO)OC(=O)c1ccccc1. The lowest BCUT2D eigenvalue weighted by atomic mass is 10.1. The maximum atomic E-state index is 12.3. The van der Waals surface area contributed by atoms with E-state index >= 15 is 0 Å². The number of hydrogen-bond donors (Lipinski definition) is 1. The fraction of sp³-hybridized carbons (Fsp3) is 0.300. The van der Waals surface area contributed by atoms with Gasteiger partial charge in [-0.1, -0.05) is 43.3 Å². The van der Waals surface area contributed by atoms with Gasteiger partial charge in [0.25, 0.3) is 0 Å². The Hall–Kier alpha value is -2.66. The molecular formula is C20H22O5. The fourth-order valence-corrected chi connectivity index (χ4v) is 2.43. The molecule has 0 fully saturated rings. The summed E-state index contributed by atoms with van der Waals surface area (Å²) in [6, 6.07) is 17.2. The Morgan fingerprint density at radius 3 is 1.68 bits per heavy atom. The predicted molar refractivity (Wildman–Crippen MR) is 93.3 cm³/mol. The lowest BCUT2D eigenvalue weighted by Gasteiger charge is -2.26. The van der Waals surface area contributed by atoms with Crippen LogP contribution in [-0.2, 0) is 9.47 Å². The van der Waals surface area contributed by atoms with Crippen molar-refractivity contribution in [2.24, 2.45) is 0 Å². The van der Waals surface area contributed by atoms with Crippen molar-refractivity contribution >= 4 is 11.9 Å². The molecule has 25 heavy (non-hydrogen) atoms. The molecule has 2 aromatic carbocycles. The molecule has 2 atom stereocenters. The summed E-state index contributed by atoms with van der Waals surface area (Å²) >= 11 is 0. The Labute approximate surface area is 147 Å². The number of aliphatic hydroxyl groups is 1. The zero-order chi connectivity index (χ0) is 18.1. The fourth-order valence-electron chi connectivity index (χ4n) is 2.43. The minimum absolute atomic E-state index is 0.174. The third-order valence-corrected chi connectivity index (χ3v) is 3.77. The van der Waals surface area contributed by atoms with E-state index in [0.717, 1.165) is 0 Å². The zero-order valence-corrected chi connectivity index (χ0v) is 14.1. The van der Waals surface area contributed by atoms with Gasteiger partial charge in [0.15, 0.2) is 0 Å². The number of hydrogen-bond acceptors (Lipinski definition) is 5. The van der Waals surface area contributed by atoms with Crippen molar-refractivity contribution in [3.05, 3.63) is 71.8 Å². The number of carbonyl (C=O) groups is 2. The quantitative estimate of drug-likeness (QED) is 0.746. The van der Waals surface area contributed by atoms with Gasteiger partial charge in [0, 0.05) is 13.0 Å². The lowest BCUT2D eigenvalue weighted by molar-refractivity contribution is -0.0436. The summed E-state index contributed by atoms with van der Waals surface area (Å²) in [6.45, 7) is 1.66. The molecule has 0 heterocycles. The molecule has 5 heteroatoms. The van der Waals surface area contributed by atoms with Crippen molar-refractivity contribution in [1.82, 2.24) is 0 Å². The Kier molecular flexibility index (Phi) is 7.16. The molecule has 0 aliphatic rings. The van der Waals surface area contributed by atoms with Gasteiger partial charge in [-0.3, -0.25) is 0 Å². The highest BCUT2D eigenvalue weighted by atomic mass is 16.6. The van der Waals surface area contributed by atoms with E-state index in [0.29, 0.717) is 17.5 Å². The highest BCUT2D eigenvalue weighted by Crippen LogP contribution is 2.17. The van der Waals surface area contributed by atoms with Crippen LogP contribution in [-0.4, -0.2) is 35.9 Å². The van der Waals surface area contributed by atoms with E-state index in [-0.39, 0.29) is 13.0 Å². The second kappa shape index (κ2) is 9.59. The normalized spacial score (nSPS) is 12.9. The molecule has 0 bridgehead atoms. The van der Waals surface area contributed by atoms with E-state index < -0.39 is 24.1 Å². The van der Waals surface area contributed by atoms with Gasteiger partial charge < -0.3 is 14.6 Å². The Balaban J connectivity index is 2.07. The second-order valence-corrected chi connectivity index (χ2v) is 5.54.